The van der Waals surface area contributed by atoms with Crippen molar-refractivity contribution >= 4 is 5.95 Å². The summed E-state index contributed by atoms with van der Waals surface area (Å²) in [5.74, 6) is 1.13. The van der Waals surface area contributed by atoms with Crippen molar-refractivity contribution in [3.8, 4) is 17.0 Å². The van der Waals surface area contributed by atoms with E-state index in [1.807, 2.05) is 38.1 Å². The molecule has 0 unspecified atom stereocenters. The van der Waals surface area contributed by atoms with Gasteiger partial charge in [-0.3, -0.25) is 4.90 Å². The highest BCUT2D eigenvalue weighted by molar-refractivity contribution is 5.57. The number of morpholine rings is 1. The average Bonchev–Trinajstić information content (AvgIpc) is 2.81. The van der Waals surface area contributed by atoms with Crippen LogP contribution in [-0.2, 0) is 22.6 Å². The van der Waals surface area contributed by atoms with Crippen molar-refractivity contribution in [2.75, 3.05) is 32.5 Å². The lowest BCUT2D eigenvalue weighted by molar-refractivity contribution is -0.0349. The zero-order chi connectivity index (χ0) is 23.2. The van der Waals surface area contributed by atoms with Crippen molar-refractivity contribution in [2.24, 2.45) is 0 Å². The van der Waals surface area contributed by atoms with Gasteiger partial charge in [0.05, 0.1) is 30.7 Å². The van der Waals surface area contributed by atoms with Gasteiger partial charge in [0, 0.05) is 50.3 Å². The molecule has 0 aliphatic carbocycles. The second-order valence-electron chi connectivity index (χ2n) is 8.41. The summed E-state index contributed by atoms with van der Waals surface area (Å²) in [6.45, 7) is 7.69. The molecule has 1 fully saturated rings. The molecule has 0 spiro atoms. The molecule has 1 aliphatic heterocycles. The molecule has 2 N–H and O–H groups in total. The van der Waals surface area contributed by atoms with Gasteiger partial charge in [-0.15, -0.1) is 0 Å². The summed E-state index contributed by atoms with van der Waals surface area (Å²) in [7, 11) is 1.70. The van der Waals surface area contributed by atoms with Crippen LogP contribution >= 0.6 is 0 Å². The zero-order valence-electron chi connectivity index (χ0n) is 19.4. The van der Waals surface area contributed by atoms with Crippen molar-refractivity contribution in [1.82, 2.24) is 19.9 Å². The molecular weight excluding hydrogens is 418 g/mol. The molecule has 0 amide bonds. The molecule has 3 aromatic rings. The predicted molar refractivity (Wildman–Crippen MR) is 127 cm³/mol. The number of nitrogens with two attached hydrogens (primary N) is 1. The molecule has 174 valence electrons. The summed E-state index contributed by atoms with van der Waals surface area (Å²) in [4.78, 5) is 15.3. The van der Waals surface area contributed by atoms with Crippen molar-refractivity contribution in [1.29, 1.82) is 0 Å². The fourth-order valence-corrected chi connectivity index (χ4v) is 3.91. The van der Waals surface area contributed by atoms with Gasteiger partial charge in [-0.2, -0.15) is 0 Å². The number of benzene rings is 1. The van der Waals surface area contributed by atoms with E-state index in [4.69, 9.17) is 24.9 Å². The highest BCUT2D eigenvalue weighted by Gasteiger charge is 2.24. The third-order valence-electron chi connectivity index (χ3n) is 5.41. The van der Waals surface area contributed by atoms with Gasteiger partial charge in [0.25, 0.3) is 0 Å². The van der Waals surface area contributed by atoms with Gasteiger partial charge in [-0.05, 0) is 43.7 Å². The Kier molecular flexibility index (Phi) is 7.49. The van der Waals surface area contributed by atoms with Crippen molar-refractivity contribution < 1.29 is 14.2 Å². The van der Waals surface area contributed by atoms with Gasteiger partial charge in [0.2, 0.25) is 5.95 Å². The van der Waals surface area contributed by atoms with Crippen LogP contribution in [0, 0.1) is 0 Å². The first-order valence-corrected chi connectivity index (χ1v) is 11.2. The van der Waals surface area contributed by atoms with E-state index in [9.17, 15) is 0 Å². The molecule has 0 radical (unpaired) electrons. The molecule has 0 saturated carbocycles. The van der Waals surface area contributed by atoms with E-state index in [-0.39, 0.29) is 18.2 Å². The van der Waals surface area contributed by atoms with Crippen LogP contribution in [0.2, 0.25) is 0 Å². The smallest absolute Gasteiger partial charge is 0.219 e. The molecule has 8 heteroatoms. The Morgan fingerprint density at radius 2 is 2.00 bits per heavy atom. The zero-order valence-corrected chi connectivity index (χ0v) is 19.4. The van der Waals surface area contributed by atoms with Crippen LogP contribution in [0.1, 0.15) is 36.8 Å². The van der Waals surface area contributed by atoms with Gasteiger partial charge in [-0.1, -0.05) is 12.1 Å². The van der Waals surface area contributed by atoms with E-state index in [0.717, 1.165) is 47.9 Å². The Labute approximate surface area is 194 Å². The molecule has 1 atom stereocenters. The molecule has 0 bridgehead atoms. The minimum absolute atomic E-state index is 0.101. The minimum Gasteiger partial charge on any atom is -0.491 e. The molecule has 1 aromatic carbocycles. The summed E-state index contributed by atoms with van der Waals surface area (Å²) in [6.07, 6.45) is 3.39. The monoisotopic (exact) mass is 449 g/mol. The van der Waals surface area contributed by atoms with E-state index >= 15 is 0 Å². The number of rotatable bonds is 8. The fraction of sp³-hybridized carbons (Fsp3) is 0.400. The summed E-state index contributed by atoms with van der Waals surface area (Å²) >= 11 is 0. The van der Waals surface area contributed by atoms with Crippen molar-refractivity contribution in [2.45, 2.75) is 39.2 Å². The van der Waals surface area contributed by atoms with Crippen LogP contribution in [0.25, 0.3) is 11.3 Å². The first-order chi connectivity index (χ1) is 16.0. The lowest BCUT2D eigenvalue weighted by atomic mass is 10.1. The van der Waals surface area contributed by atoms with Crippen molar-refractivity contribution in [3.63, 3.8) is 0 Å². The molecule has 4 rings (SSSR count). The number of anilines is 1. The topological polar surface area (TPSA) is 95.6 Å². The maximum Gasteiger partial charge on any atom is 0.219 e. The molecule has 1 aliphatic rings. The van der Waals surface area contributed by atoms with Gasteiger partial charge < -0.3 is 19.9 Å². The predicted octanol–water partition coefficient (Wildman–Crippen LogP) is 3.63. The summed E-state index contributed by atoms with van der Waals surface area (Å²) in [5, 5.41) is 0. The molecule has 1 saturated heterocycles. The maximum absolute atomic E-state index is 6.07. The Balaban J connectivity index is 1.46. The molecule has 33 heavy (non-hydrogen) atoms. The van der Waals surface area contributed by atoms with Crippen LogP contribution in [-0.4, -0.2) is 52.8 Å². The normalized spacial score (nSPS) is 16.8. The average molecular weight is 450 g/mol. The van der Waals surface area contributed by atoms with Crippen molar-refractivity contribution in [3.05, 3.63) is 65.6 Å². The van der Waals surface area contributed by atoms with Crippen LogP contribution < -0.4 is 10.5 Å². The largest absolute Gasteiger partial charge is 0.491 e. The van der Waals surface area contributed by atoms with Gasteiger partial charge >= 0.3 is 0 Å². The van der Waals surface area contributed by atoms with Crippen LogP contribution in [0.15, 0.2) is 48.8 Å². The highest BCUT2D eigenvalue weighted by Crippen LogP contribution is 2.27. The number of nitrogen functional groups attached to an aromatic ring is 1. The number of methoxy groups -OCH3 is 1. The Morgan fingerprint density at radius 1 is 1.18 bits per heavy atom. The lowest BCUT2D eigenvalue weighted by Gasteiger charge is -2.33. The van der Waals surface area contributed by atoms with E-state index in [0.29, 0.717) is 13.2 Å². The first-order valence-electron chi connectivity index (χ1n) is 11.2. The van der Waals surface area contributed by atoms with Gasteiger partial charge in [0.15, 0.2) is 0 Å². The van der Waals surface area contributed by atoms with E-state index < -0.39 is 0 Å². The van der Waals surface area contributed by atoms with E-state index in [1.165, 1.54) is 5.56 Å². The Morgan fingerprint density at radius 3 is 2.76 bits per heavy atom. The van der Waals surface area contributed by atoms with E-state index in [1.54, 1.807) is 19.5 Å². The number of hydrogen-bond acceptors (Lipinski definition) is 8. The third-order valence-corrected chi connectivity index (χ3v) is 5.41. The second kappa shape index (κ2) is 10.7. The fourth-order valence-electron chi connectivity index (χ4n) is 3.91. The second-order valence-corrected chi connectivity index (χ2v) is 8.41. The number of nitrogens with zero attached hydrogens (tertiary/aromatic N) is 4. The molecule has 8 nitrogen and oxygen atoms in total. The Bertz CT molecular complexity index is 1060. The van der Waals surface area contributed by atoms with Crippen LogP contribution in [0.3, 0.4) is 0 Å². The molecular formula is C25H31N5O3. The number of pyridine rings is 1. The summed E-state index contributed by atoms with van der Waals surface area (Å²) in [5.41, 5.74) is 10.4. The van der Waals surface area contributed by atoms with Crippen LogP contribution in [0.4, 0.5) is 5.95 Å². The lowest BCUT2D eigenvalue weighted by Crippen LogP contribution is -2.38. The Hall–Kier alpha value is -3.07. The highest BCUT2D eigenvalue weighted by atomic mass is 16.5. The minimum atomic E-state index is -0.101. The number of ether oxygens (including phenoxy) is 3. The van der Waals surface area contributed by atoms with Gasteiger partial charge in [0.1, 0.15) is 11.9 Å². The third kappa shape index (κ3) is 6.04. The first kappa shape index (κ1) is 23.1. The summed E-state index contributed by atoms with van der Waals surface area (Å²) < 4.78 is 17.4. The standard InChI is InChI=1S/C25H31N5O3/c1-17(2)33-23-8-7-18(11-19(23)16-31-3)14-30-9-10-32-24(15-30)22-6-4-5-21(29-22)20-12-27-25(26)28-13-20/h4-8,11-13,17,24H,9-10,14-16H2,1-3H3,(H2,26,27,28)/t24-/m1/s1. The van der Waals surface area contributed by atoms with E-state index in [2.05, 4.69) is 27.0 Å². The number of aromatic nitrogens is 3. The maximum atomic E-state index is 6.07. The summed E-state index contributed by atoms with van der Waals surface area (Å²) in [6, 6.07) is 12.3. The number of hydrogen-bond donors (Lipinski definition) is 1. The van der Waals surface area contributed by atoms with Crippen LogP contribution in [0.5, 0.6) is 5.75 Å². The molecule has 3 heterocycles. The molecule has 2 aromatic heterocycles. The van der Waals surface area contributed by atoms with Gasteiger partial charge in [-0.25, -0.2) is 15.0 Å². The SMILES string of the molecule is COCc1cc(CN2CCO[C@@H](c3cccc(-c4cnc(N)nc4)n3)C2)ccc1OC(C)C. The quantitative estimate of drug-likeness (QED) is 0.557.